The Kier molecular flexibility index (Phi) is 4.19. The summed E-state index contributed by atoms with van der Waals surface area (Å²) in [6.07, 6.45) is 4.40. The molecule has 0 N–H and O–H groups in total. The third kappa shape index (κ3) is 3.00. The Morgan fingerprint density at radius 2 is 1.36 bits per heavy atom. The first-order valence-corrected chi connectivity index (χ1v) is 8.89. The number of ketones is 2. The van der Waals surface area contributed by atoms with Gasteiger partial charge in [0.15, 0.2) is 11.6 Å². The molecule has 124 valence electrons. The zero-order chi connectivity index (χ0) is 17.2. The number of carbonyl (C=O) groups is 2. The average Bonchev–Trinajstić information content (AvgIpc) is 3.04. The summed E-state index contributed by atoms with van der Waals surface area (Å²) in [5.41, 5.74) is 4.35. The average molecular weight is 328 g/mol. The van der Waals surface area contributed by atoms with Crippen LogP contribution >= 0.6 is 0 Å². The molecule has 3 aromatic carbocycles. The maximum absolute atomic E-state index is 11.7. The molecule has 0 radical (unpaired) electrons. The summed E-state index contributed by atoms with van der Waals surface area (Å²) < 4.78 is 0. The van der Waals surface area contributed by atoms with Crippen molar-refractivity contribution >= 4 is 22.3 Å². The predicted octanol–water partition coefficient (Wildman–Crippen LogP) is 5.17. The zero-order valence-electron chi connectivity index (χ0n) is 14.1. The van der Waals surface area contributed by atoms with Gasteiger partial charge in [0.1, 0.15) is 0 Å². The molecule has 0 unspecified atom stereocenters. The Hall–Kier alpha value is -2.74. The molecule has 0 spiro atoms. The van der Waals surface area contributed by atoms with Crippen LogP contribution in [0, 0.1) is 0 Å². The molecule has 0 bridgehead atoms. The molecule has 0 amide bonds. The van der Waals surface area contributed by atoms with Gasteiger partial charge >= 0.3 is 0 Å². The van der Waals surface area contributed by atoms with Crippen molar-refractivity contribution in [2.75, 3.05) is 0 Å². The molecule has 0 aliphatic heterocycles. The minimum absolute atomic E-state index is 0.301. The van der Waals surface area contributed by atoms with Crippen LogP contribution in [0.3, 0.4) is 0 Å². The Bertz CT molecular complexity index is 969. The molecule has 2 heteroatoms. The Morgan fingerprint density at radius 1 is 0.600 bits per heavy atom. The topological polar surface area (TPSA) is 34.1 Å². The van der Waals surface area contributed by atoms with Crippen molar-refractivity contribution in [2.45, 2.75) is 32.1 Å². The second kappa shape index (κ2) is 6.64. The highest BCUT2D eigenvalue weighted by molar-refractivity contribution is 6.03. The van der Waals surface area contributed by atoms with Gasteiger partial charge in [-0.25, -0.2) is 0 Å². The van der Waals surface area contributed by atoms with Gasteiger partial charge in [-0.15, -0.1) is 0 Å². The summed E-state index contributed by atoms with van der Waals surface area (Å²) in [5, 5.41) is 2.49. The van der Waals surface area contributed by atoms with Crippen LogP contribution in [0.25, 0.3) is 10.8 Å². The number of hydrogen-bond donors (Lipinski definition) is 0. The highest BCUT2D eigenvalue weighted by atomic mass is 16.1. The van der Waals surface area contributed by atoms with Crippen molar-refractivity contribution in [3.8, 4) is 0 Å². The second-order valence-corrected chi connectivity index (χ2v) is 6.67. The minimum atomic E-state index is 0.301. The van der Waals surface area contributed by atoms with Gasteiger partial charge in [0.2, 0.25) is 0 Å². The van der Waals surface area contributed by atoms with Crippen molar-refractivity contribution in [1.82, 2.24) is 0 Å². The predicted molar refractivity (Wildman–Crippen MR) is 100 cm³/mol. The molecule has 0 fully saturated rings. The van der Waals surface area contributed by atoms with E-state index in [0.717, 1.165) is 30.4 Å². The van der Waals surface area contributed by atoms with Gasteiger partial charge < -0.3 is 0 Å². The molecule has 2 nitrogen and oxygen atoms in total. The van der Waals surface area contributed by atoms with Gasteiger partial charge in [-0.05, 0) is 41.2 Å². The number of benzene rings is 3. The third-order valence-electron chi connectivity index (χ3n) is 5.11. The van der Waals surface area contributed by atoms with Crippen LogP contribution in [0.5, 0.6) is 0 Å². The van der Waals surface area contributed by atoms with E-state index in [4.69, 9.17) is 0 Å². The number of fused-ring (bicyclic) bond motifs is 4. The molecule has 0 atom stereocenters. The van der Waals surface area contributed by atoms with Crippen molar-refractivity contribution in [2.24, 2.45) is 0 Å². The van der Waals surface area contributed by atoms with Crippen LogP contribution in [-0.2, 0) is 12.8 Å². The zero-order valence-corrected chi connectivity index (χ0v) is 14.1. The second-order valence-electron chi connectivity index (χ2n) is 6.67. The molecule has 3 aromatic rings. The van der Waals surface area contributed by atoms with Crippen molar-refractivity contribution in [1.29, 1.82) is 0 Å². The van der Waals surface area contributed by atoms with Gasteiger partial charge in [0.05, 0.1) is 0 Å². The normalized spacial score (nSPS) is 15.4. The van der Waals surface area contributed by atoms with E-state index in [9.17, 15) is 9.59 Å². The summed E-state index contributed by atoms with van der Waals surface area (Å²) in [5.74, 6) is 0.609. The number of rotatable bonds is 0. The lowest BCUT2D eigenvalue weighted by atomic mass is 9.87. The quantitative estimate of drug-likeness (QED) is 0.570. The number of aryl methyl sites for hydroxylation is 2. The molecule has 25 heavy (non-hydrogen) atoms. The van der Waals surface area contributed by atoms with Crippen LogP contribution in [0.1, 0.15) is 51.1 Å². The third-order valence-corrected chi connectivity index (χ3v) is 5.11. The Balaban J connectivity index is 0.000000136. The number of Topliss-reactive ketones (excluding diaryl/α,β-unsaturated/α-hetero) is 2. The molecule has 0 saturated carbocycles. The van der Waals surface area contributed by atoms with E-state index in [1.54, 1.807) is 0 Å². The van der Waals surface area contributed by atoms with E-state index in [1.807, 2.05) is 42.5 Å². The van der Waals surface area contributed by atoms with Crippen LogP contribution in [-0.4, -0.2) is 11.6 Å². The summed E-state index contributed by atoms with van der Waals surface area (Å²) in [4.78, 5) is 22.8. The lowest BCUT2D eigenvalue weighted by Gasteiger charge is -2.16. The van der Waals surface area contributed by atoms with E-state index in [-0.39, 0.29) is 0 Å². The summed E-state index contributed by atoms with van der Waals surface area (Å²) >= 11 is 0. The fourth-order valence-corrected chi connectivity index (χ4v) is 3.82. The first-order chi connectivity index (χ1) is 12.2. The van der Waals surface area contributed by atoms with E-state index >= 15 is 0 Å². The smallest absolute Gasteiger partial charge is 0.163 e. The molecular weight excluding hydrogens is 308 g/mol. The maximum Gasteiger partial charge on any atom is 0.163 e. The fraction of sp³-hybridized carbons (Fsp3) is 0.217. The summed E-state index contributed by atoms with van der Waals surface area (Å²) in [6, 6.07) is 20.2. The summed E-state index contributed by atoms with van der Waals surface area (Å²) in [7, 11) is 0. The molecule has 5 rings (SSSR count). The van der Waals surface area contributed by atoms with Gasteiger partial charge in [0.25, 0.3) is 0 Å². The maximum atomic E-state index is 11.7. The SMILES string of the molecule is O=C1CCCc2c1ccc1ccccc21.O=C1CCc2ccccc21. The molecule has 0 saturated heterocycles. The van der Waals surface area contributed by atoms with Crippen LogP contribution in [0.4, 0.5) is 0 Å². The lowest BCUT2D eigenvalue weighted by Crippen LogP contribution is -2.10. The van der Waals surface area contributed by atoms with Crippen molar-refractivity contribution in [3.63, 3.8) is 0 Å². The number of hydrogen-bond acceptors (Lipinski definition) is 2. The Morgan fingerprint density at radius 3 is 2.24 bits per heavy atom. The van der Waals surface area contributed by atoms with Crippen molar-refractivity contribution in [3.05, 3.63) is 82.9 Å². The van der Waals surface area contributed by atoms with Crippen LogP contribution in [0.15, 0.2) is 60.7 Å². The van der Waals surface area contributed by atoms with Gasteiger partial charge in [-0.1, -0.05) is 60.7 Å². The van der Waals surface area contributed by atoms with Crippen LogP contribution in [0.2, 0.25) is 0 Å². The molecule has 0 heterocycles. The first-order valence-electron chi connectivity index (χ1n) is 8.89. The van der Waals surface area contributed by atoms with E-state index in [1.165, 1.54) is 21.9 Å². The van der Waals surface area contributed by atoms with Gasteiger partial charge in [-0.2, -0.15) is 0 Å². The standard InChI is InChI=1S/C14H12O.C9H8O/c15-14-7-3-6-12-11-5-2-1-4-10(11)8-9-13(12)14;10-9-6-5-7-3-1-2-4-8(7)9/h1-2,4-5,8-9H,3,6-7H2;1-4H,5-6H2. The molecule has 0 aromatic heterocycles. The monoisotopic (exact) mass is 328 g/mol. The largest absolute Gasteiger partial charge is 0.294 e. The molecular formula is C23H20O2. The van der Waals surface area contributed by atoms with E-state index in [2.05, 4.69) is 18.2 Å². The highest BCUT2D eigenvalue weighted by Crippen LogP contribution is 2.28. The highest BCUT2D eigenvalue weighted by Gasteiger charge is 2.18. The van der Waals surface area contributed by atoms with Crippen molar-refractivity contribution < 1.29 is 9.59 Å². The molecule has 2 aliphatic carbocycles. The van der Waals surface area contributed by atoms with Gasteiger partial charge in [-0.3, -0.25) is 9.59 Å². The minimum Gasteiger partial charge on any atom is -0.294 e. The van der Waals surface area contributed by atoms with E-state index < -0.39 is 0 Å². The van der Waals surface area contributed by atoms with E-state index in [0.29, 0.717) is 24.4 Å². The summed E-state index contributed by atoms with van der Waals surface area (Å²) in [6.45, 7) is 0. The molecule has 2 aliphatic rings. The number of carbonyl (C=O) groups excluding carboxylic acids is 2. The van der Waals surface area contributed by atoms with Crippen LogP contribution < -0.4 is 0 Å². The van der Waals surface area contributed by atoms with Gasteiger partial charge in [0, 0.05) is 24.0 Å². The lowest BCUT2D eigenvalue weighted by molar-refractivity contribution is 0.0970. The first kappa shape index (κ1) is 15.8. The Labute approximate surface area is 147 Å². The fourth-order valence-electron chi connectivity index (χ4n) is 3.82.